The summed E-state index contributed by atoms with van der Waals surface area (Å²) < 4.78 is 8.73. The molecule has 0 saturated heterocycles. The number of carbonyl (C=O) groups is 6. The minimum absolute atomic E-state index is 0. The molecule has 0 bridgehead atoms. The number of carbonyl (C=O) groups excluding carboxylic acids is 6. The zero-order chi connectivity index (χ0) is 22.3. The average Bonchev–Trinajstić information content (AvgIpc) is 2.64. The first-order chi connectivity index (χ1) is 12.9. The lowest BCUT2D eigenvalue weighted by Gasteiger charge is -2.09. The summed E-state index contributed by atoms with van der Waals surface area (Å²) >= 11 is 0. The van der Waals surface area contributed by atoms with Crippen LogP contribution in [0.3, 0.4) is 0 Å². The normalized spacial score (nSPS) is 11.2. The molecule has 168 valence electrons. The number of Topliss-reactive ketones (excluding diaryl/α,β-unsaturated/α-hetero) is 2. The van der Waals surface area contributed by atoms with E-state index >= 15 is 0 Å². The van der Waals surface area contributed by atoms with Crippen molar-refractivity contribution in [1.82, 2.24) is 10.6 Å². The van der Waals surface area contributed by atoms with Crippen LogP contribution in [-0.4, -0.2) is 61.6 Å². The van der Waals surface area contributed by atoms with Crippen molar-refractivity contribution in [3.8, 4) is 0 Å². The van der Waals surface area contributed by atoms with Gasteiger partial charge in [0, 0.05) is 12.8 Å². The number of methoxy groups -OCH3 is 2. The van der Waals surface area contributed by atoms with Crippen LogP contribution in [0.15, 0.2) is 0 Å². The molecule has 0 aliphatic carbocycles. The van der Waals surface area contributed by atoms with Crippen LogP contribution in [0.25, 0.3) is 0 Å². The third-order valence-electron chi connectivity index (χ3n) is 3.54. The first kappa shape index (κ1) is 30.9. The number of hydrogen-bond acceptors (Lipinski definition) is 8. The lowest BCUT2D eigenvalue weighted by Crippen LogP contribution is -2.37. The maximum atomic E-state index is 11.1. The van der Waals surface area contributed by atoms with E-state index in [4.69, 9.17) is 0 Å². The van der Waals surface area contributed by atoms with Gasteiger partial charge in [0.25, 0.3) is 0 Å². The van der Waals surface area contributed by atoms with E-state index in [-0.39, 0.29) is 56.5 Å². The fourth-order valence-corrected chi connectivity index (χ4v) is 1.47. The van der Waals surface area contributed by atoms with Gasteiger partial charge in [-0.15, -0.1) is 0 Å². The molecule has 0 aliphatic rings. The highest BCUT2D eigenvalue weighted by molar-refractivity contribution is 5.89. The summed E-state index contributed by atoms with van der Waals surface area (Å²) in [6.45, 7) is 5.98. The van der Waals surface area contributed by atoms with Gasteiger partial charge in [0.05, 0.1) is 39.1 Å². The summed E-state index contributed by atoms with van der Waals surface area (Å²) in [5.41, 5.74) is 0. The summed E-state index contributed by atoms with van der Waals surface area (Å²) in [4.78, 5) is 65.1. The van der Waals surface area contributed by atoms with Crippen molar-refractivity contribution in [3.05, 3.63) is 0 Å². The van der Waals surface area contributed by atoms with E-state index in [1.807, 2.05) is 0 Å². The fraction of sp³-hybridized carbons (Fsp3) is 0.684. The van der Waals surface area contributed by atoms with Gasteiger partial charge in [-0.2, -0.15) is 0 Å². The molecule has 0 aromatic rings. The monoisotopic (exact) mass is 418 g/mol. The lowest BCUT2D eigenvalue weighted by molar-refractivity contribution is -0.142. The summed E-state index contributed by atoms with van der Waals surface area (Å²) in [7, 11) is 2.52. The topological polar surface area (TPSA) is 145 Å². The largest absolute Gasteiger partial charge is 0.469 e. The lowest BCUT2D eigenvalue weighted by atomic mass is 10.2. The minimum atomic E-state index is -0.500. The summed E-state index contributed by atoms with van der Waals surface area (Å²) in [5.74, 6) is -1.74. The molecule has 10 heteroatoms. The third kappa shape index (κ3) is 18.4. The van der Waals surface area contributed by atoms with Crippen LogP contribution in [0.1, 0.15) is 60.8 Å². The van der Waals surface area contributed by atoms with E-state index in [2.05, 4.69) is 20.1 Å². The van der Waals surface area contributed by atoms with Crippen LogP contribution < -0.4 is 10.6 Å². The van der Waals surface area contributed by atoms with Crippen molar-refractivity contribution >= 4 is 35.3 Å². The van der Waals surface area contributed by atoms with Gasteiger partial charge in [0.1, 0.15) is 0 Å². The van der Waals surface area contributed by atoms with E-state index in [1.54, 1.807) is 13.8 Å². The molecular formula is C19H34N2O8. The highest BCUT2D eigenvalue weighted by Crippen LogP contribution is 1.94. The Morgan fingerprint density at radius 1 is 0.655 bits per heavy atom. The zero-order valence-corrected chi connectivity index (χ0v) is 17.2. The van der Waals surface area contributed by atoms with Gasteiger partial charge in [-0.25, -0.2) is 0 Å². The molecule has 2 unspecified atom stereocenters. The molecule has 2 N–H and O–H groups in total. The second-order valence-electron chi connectivity index (χ2n) is 5.95. The maximum absolute atomic E-state index is 11.1. The summed E-state index contributed by atoms with van der Waals surface area (Å²) in [6.07, 6.45) is 0.161. The zero-order valence-electron chi connectivity index (χ0n) is 17.2. The van der Waals surface area contributed by atoms with Crippen molar-refractivity contribution in [2.45, 2.75) is 72.9 Å². The molecule has 0 aliphatic heterocycles. The minimum Gasteiger partial charge on any atom is -0.469 e. The molecule has 0 fully saturated rings. The van der Waals surface area contributed by atoms with E-state index in [0.29, 0.717) is 0 Å². The van der Waals surface area contributed by atoms with Gasteiger partial charge in [0.2, 0.25) is 11.8 Å². The van der Waals surface area contributed by atoms with Crippen molar-refractivity contribution in [2.24, 2.45) is 0 Å². The van der Waals surface area contributed by atoms with E-state index in [0.717, 1.165) is 0 Å². The second-order valence-corrected chi connectivity index (χ2v) is 5.95. The van der Waals surface area contributed by atoms with Gasteiger partial charge < -0.3 is 20.1 Å². The van der Waals surface area contributed by atoms with Crippen LogP contribution >= 0.6 is 0 Å². The second kappa shape index (κ2) is 17.3. The first-order valence-corrected chi connectivity index (χ1v) is 8.67. The number of hydrogen-bond donors (Lipinski definition) is 2. The Bertz CT molecular complexity index is 525. The highest BCUT2D eigenvalue weighted by atomic mass is 16.5. The molecule has 0 spiro atoms. The van der Waals surface area contributed by atoms with Crippen molar-refractivity contribution in [2.75, 3.05) is 14.2 Å². The van der Waals surface area contributed by atoms with Crippen LogP contribution in [0.5, 0.6) is 0 Å². The van der Waals surface area contributed by atoms with E-state index < -0.39 is 24.0 Å². The van der Waals surface area contributed by atoms with Crippen molar-refractivity contribution in [3.63, 3.8) is 0 Å². The smallest absolute Gasteiger partial charge is 0.306 e. The van der Waals surface area contributed by atoms with Crippen molar-refractivity contribution < 1.29 is 38.2 Å². The Morgan fingerprint density at radius 3 is 1.14 bits per heavy atom. The fourth-order valence-electron chi connectivity index (χ4n) is 1.47. The Balaban J connectivity index is -0.000000451. The molecule has 2 atom stereocenters. The van der Waals surface area contributed by atoms with Gasteiger partial charge in [-0.3, -0.25) is 28.8 Å². The number of amides is 2. The van der Waals surface area contributed by atoms with Crippen LogP contribution in [0.4, 0.5) is 0 Å². The molecule has 10 nitrogen and oxygen atoms in total. The van der Waals surface area contributed by atoms with Gasteiger partial charge in [-0.05, 0) is 27.7 Å². The Morgan fingerprint density at radius 2 is 0.931 bits per heavy atom. The van der Waals surface area contributed by atoms with Crippen LogP contribution in [-0.2, 0) is 38.2 Å². The standard InChI is InChI=1S/2C9H15NO4.CH4/c2*1-6(7(2)11)10-8(12)4-5-9(13)14-3;/h2*6H,4-5H2,1-3H3,(H,10,12);1H4. The molecular weight excluding hydrogens is 384 g/mol. The molecule has 0 saturated carbocycles. The quantitative estimate of drug-likeness (QED) is 0.493. The number of ketones is 2. The Kier molecular flexibility index (Phi) is 18.5. The Labute approximate surface area is 172 Å². The van der Waals surface area contributed by atoms with Crippen LogP contribution in [0.2, 0.25) is 0 Å². The molecule has 0 aromatic heterocycles. The molecule has 29 heavy (non-hydrogen) atoms. The van der Waals surface area contributed by atoms with Gasteiger partial charge in [-0.1, -0.05) is 7.43 Å². The first-order valence-electron chi connectivity index (χ1n) is 8.67. The molecule has 0 rings (SSSR count). The highest BCUT2D eigenvalue weighted by Gasteiger charge is 2.13. The number of esters is 2. The molecule has 2 amide bonds. The molecule has 0 aromatic carbocycles. The molecule has 0 heterocycles. The van der Waals surface area contributed by atoms with Gasteiger partial charge >= 0.3 is 11.9 Å². The SMILES string of the molecule is C.COC(=O)CCC(=O)NC(C)C(C)=O.COC(=O)CCC(=O)NC(C)C(C)=O. The van der Waals surface area contributed by atoms with Crippen LogP contribution in [0, 0.1) is 0 Å². The number of nitrogens with one attached hydrogen (secondary N) is 2. The van der Waals surface area contributed by atoms with E-state index in [1.165, 1.54) is 28.1 Å². The van der Waals surface area contributed by atoms with E-state index in [9.17, 15) is 28.8 Å². The predicted octanol–water partition coefficient (Wildman–Crippen LogP) is 0.703. The third-order valence-corrected chi connectivity index (χ3v) is 3.54. The Hall–Kier alpha value is -2.78. The van der Waals surface area contributed by atoms with Crippen molar-refractivity contribution in [1.29, 1.82) is 0 Å². The maximum Gasteiger partial charge on any atom is 0.306 e. The summed E-state index contributed by atoms with van der Waals surface area (Å²) in [5, 5.41) is 4.93. The predicted molar refractivity (Wildman–Crippen MR) is 106 cm³/mol. The van der Waals surface area contributed by atoms with Gasteiger partial charge in [0.15, 0.2) is 11.6 Å². The molecule has 0 radical (unpaired) electrons. The average molecular weight is 418 g/mol. The summed E-state index contributed by atoms with van der Waals surface area (Å²) in [6, 6.07) is -1.000. The number of rotatable bonds is 10. The number of ether oxygens (including phenoxy) is 2.